The third kappa shape index (κ3) is 3.35. The summed E-state index contributed by atoms with van der Waals surface area (Å²) in [6.07, 6.45) is 1.98. The van der Waals surface area contributed by atoms with Gasteiger partial charge in [-0.15, -0.1) is 21.5 Å². The number of amides is 1. The molecule has 4 aromatic rings. The molecule has 11 heteroatoms. The Morgan fingerprint density at radius 2 is 2.22 bits per heavy atom. The van der Waals surface area contributed by atoms with E-state index in [1.165, 1.54) is 11.8 Å². The predicted molar refractivity (Wildman–Crippen MR) is 103 cm³/mol. The van der Waals surface area contributed by atoms with Gasteiger partial charge in [0.25, 0.3) is 0 Å². The molecule has 140 valence electrons. The standard InChI is InChI=1S/C16H17N7O2S2/c1-4-22-14(13-10(3)17-15-23(13)5-6-26-15)19-20-16(22)27-8-12(24)18-11-7-9(2)25-21-11/h5-7H,4,8H2,1-3H3,(H,18,21,24). The average molecular weight is 403 g/mol. The maximum absolute atomic E-state index is 12.1. The zero-order valence-corrected chi connectivity index (χ0v) is 16.6. The fraction of sp³-hybridized carbons (Fsp3) is 0.312. The Balaban J connectivity index is 1.54. The third-order valence-electron chi connectivity index (χ3n) is 3.91. The minimum Gasteiger partial charge on any atom is -0.360 e. The van der Waals surface area contributed by atoms with Gasteiger partial charge in [0, 0.05) is 24.2 Å². The first-order valence-electron chi connectivity index (χ1n) is 8.28. The second kappa shape index (κ2) is 7.16. The Kier molecular flexibility index (Phi) is 4.70. The number of nitrogens with one attached hydrogen (secondary N) is 1. The molecule has 4 aromatic heterocycles. The van der Waals surface area contributed by atoms with Crippen molar-refractivity contribution in [2.75, 3.05) is 11.1 Å². The Morgan fingerprint density at radius 3 is 2.96 bits per heavy atom. The van der Waals surface area contributed by atoms with Gasteiger partial charge in [0.05, 0.1) is 11.4 Å². The number of thioether (sulfide) groups is 1. The van der Waals surface area contributed by atoms with Gasteiger partial charge < -0.3 is 14.4 Å². The van der Waals surface area contributed by atoms with Crippen molar-refractivity contribution in [1.82, 2.24) is 29.3 Å². The van der Waals surface area contributed by atoms with Crippen molar-refractivity contribution in [3.63, 3.8) is 0 Å². The average Bonchev–Trinajstić information content (AvgIpc) is 3.38. The van der Waals surface area contributed by atoms with Gasteiger partial charge >= 0.3 is 0 Å². The van der Waals surface area contributed by atoms with E-state index in [1.54, 1.807) is 24.3 Å². The van der Waals surface area contributed by atoms with Crippen LogP contribution in [0.4, 0.5) is 5.82 Å². The molecule has 0 aliphatic rings. The lowest BCUT2D eigenvalue weighted by Crippen LogP contribution is -2.14. The summed E-state index contributed by atoms with van der Waals surface area (Å²) >= 11 is 2.91. The SMILES string of the molecule is CCn1c(SCC(=O)Nc2cc(C)on2)nnc1-c1c(C)nc2sccn12. The van der Waals surface area contributed by atoms with Gasteiger partial charge in [-0.3, -0.25) is 9.20 Å². The quantitative estimate of drug-likeness (QED) is 0.494. The molecule has 27 heavy (non-hydrogen) atoms. The highest BCUT2D eigenvalue weighted by Crippen LogP contribution is 2.28. The van der Waals surface area contributed by atoms with Crippen LogP contribution in [-0.2, 0) is 11.3 Å². The number of imidazole rings is 1. The fourth-order valence-electron chi connectivity index (χ4n) is 2.75. The van der Waals surface area contributed by atoms with E-state index in [2.05, 4.69) is 25.7 Å². The first kappa shape index (κ1) is 17.7. The molecule has 1 amide bonds. The van der Waals surface area contributed by atoms with E-state index in [0.717, 1.165) is 22.2 Å². The number of hydrogen-bond acceptors (Lipinski definition) is 8. The number of carbonyl (C=O) groups excluding carboxylic acids is 1. The number of rotatable bonds is 6. The van der Waals surface area contributed by atoms with E-state index in [1.807, 2.05) is 34.4 Å². The van der Waals surface area contributed by atoms with Gasteiger partial charge in [-0.1, -0.05) is 16.9 Å². The van der Waals surface area contributed by atoms with Gasteiger partial charge in [-0.05, 0) is 20.8 Å². The Hall–Kier alpha value is -2.66. The highest BCUT2D eigenvalue weighted by atomic mass is 32.2. The molecule has 0 aromatic carbocycles. The molecule has 4 rings (SSSR count). The minimum absolute atomic E-state index is 0.179. The van der Waals surface area contributed by atoms with Crippen LogP contribution in [0.1, 0.15) is 18.4 Å². The molecule has 0 fully saturated rings. The summed E-state index contributed by atoms with van der Waals surface area (Å²) in [5.74, 6) is 1.82. The van der Waals surface area contributed by atoms with Crippen molar-refractivity contribution in [3.05, 3.63) is 29.1 Å². The molecule has 0 aliphatic heterocycles. The molecule has 1 N–H and O–H groups in total. The van der Waals surface area contributed by atoms with Gasteiger partial charge in [0.15, 0.2) is 21.8 Å². The Labute approximate surface area is 162 Å². The van der Waals surface area contributed by atoms with Crippen LogP contribution in [0.25, 0.3) is 16.5 Å². The molecular formula is C16H17N7O2S2. The monoisotopic (exact) mass is 403 g/mol. The molecule has 4 heterocycles. The number of aromatic nitrogens is 6. The molecule has 0 unspecified atom stereocenters. The van der Waals surface area contributed by atoms with E-state index in [9.17, 15) is 4.79 Å². The summed E-state index contributed by atoms with van der Waals surface area (Å²) in [6, 6.07) is 1.67. The van der Waals surface area contributed by atoms with Crippen LogP contribution >= 0.6 is 23.1 Å². The van der Waals surface area contributed by atoms with Crippen LogP contribution in [-0.4, -0.2) is 41.0 Å². The molecular weight excluding hydrogens is 386 g/mol. The summed E-state index contributed by atoms with van der Waals surface area (Å²) in [5, 5.41) is 17.8. The predicted octanol–water partition coefficient (Wildman–Crippen LogP) is 3.01. The van der Waals surface area contributed by atoms with Crippen molar-refractivity contribution in [1.29, 1.82) is 0 Å². The minimum atomic E-state index is -0.179. The largest absolute Gasteiger partial charge is 0.360 e. The maximum Gasteiger partial charge on any atom is 0.236 e. The molecule has 0 radical (unpaired) electrons. The molecule has 0 spiro atoms. The third-order valence-corrected chi connectivity index (χ3v) is 5.63. The zero-order chi connectivity index (χ0) is 19.0. The van der Waals surface area contributed by atoms with Gasteiger partial charge in [0.2, 0.25) is 5.91 Å². The molecule has 0 atom stereocenters. The summed E-state index contributed by atoms with van der Waals surface area (Å²) < 4.78 is 8.95. The highest BCUT2D eigenvalue weighted by molar-refractivity contribution is 7.99. The number of thiazole rings is 1. The van der Waals surface area contributed by atoms with Crippen molar-refractivity contribution < 1.29 is 9.32 Å². The topological polar surface area (TPSA) is 103 Å². The number of nitrogens with zero attached hydrogens (tertiary/aromatic N) is 6. The Morgan fingerprint density at radius 1 is 1.37 bits per heavy atom. The number of carbonyl (C=O) groups is 1. The van der Waals surface area contributed by atoms with Crippen LogP contribution in [0.3, 0.4) is 0 Å². The van der Waals surface area contributed by atoms with E-state index < -0.39 is 0 Å². The number of aryl methyl sites for hydroxylation is 2. The maximum atomic E-state index is 12.1. The first-order valence-corrected chi connectivity index (χ1v) is 10.1. The van der Waals surface area contributed by atoms with Crippen LogP contribution in [0.15, 0.2) is 27.3 Å². The lowest BCUT2D eigenvalue weighted by Gasteiger charge is -2.07. The van der Waals surface area contributed by atoms with Crippen LogP contribution in [0.2, 0.25) is 0 Å². The van der Waals surface area contributed by atoms with E-state index in [-0.39, 0.29) is 11.7 Å². The molecule has 0 saturated carbocycles. The normalized spacial score (nSPS) is 11.4. The van der Waals surface area contributed by atoms with Crippen molar-refractivity contribution in [2.24, 2.45) is 0 Å². The van der Waals surface area contributed by atoms with E-state index in [0.29, 0.717) is 23.3 Å². The molecule has 0 bridgehead atoms. The number of hydrogen-bond donors (Lipinski definition) is 1. The van der Waals surface area contributed by atoms with Crippen LogP contribution < -0.4 is 5.32 Å². The summed E-state index contributed by atoms with van der Waals surface area (Å²) in [6.45, 7) is 6.44. The van der Waals surface area contributed by atoms with Crippen molar-refractivity contribution in [2.45, 2.75) is 32.5 Å². The molecule has 0 saturated heterocycles. The molecule has 9 nitrogen and oxygen atoms in total. The van der Waals surface area contributed by atoms with E-state index >= 15 is 0 Å². The summed E-state index contributed by atoms with van der Waals surface area (Å²) in [7, 11) is 0. The smallest absolute Gasteiger partial charge is 0.236 e. The highest BCUT2D eigenvalue weighted by Gasteiger charge is 2.20. The lowest BCUT2D eigenvalue weighted by molar-refractivity contribution is -0.113. The number of fused-ring (bicyclic) bond motifs is 1. The zero-order valence-electron chi connectivity index (χ0n) is 15.0. The van der Waals surface area contributed by atoms with Gasteiger partial charge in [-0.2, -0.15) is 0 Å². The summed E-state index contributed by atoms with van der Waals surface area (Å²) in [5.41, 5.74) is 1.83. The lowest BCUT2D eigenvalue weighted by atomic mass is 10.3. The number of anilines is 1. The van der Waals surface area contributed by atoms with E-state index in [4.69, 9.17) is 4.52 Å². The fourth-order valence-corrected chi connectivity index (χ4v) is 4.32. The Bertz CT molecular complexity index is 1110. The van der Waals surface area contributed by atoms with Crippen molar-refractivity contribution >= 4 is 39.8 Å². The molecule has 0 aliphatic carbocycles. The van der Waals surface area contributed by atoms with Crippen LogP contribution in [0, 0.1) is 13.8 Å². The van der Waals surface area contributed by atoms with Crippen molar-refractivity contribution in [3.8, 4) is 11.5 Å². The second-order valence-corrected chi connectivity index (χ2v) is 7.63. The second-order valence-electron chi connectivity index (χ2n) is 5.81. The van der Waals surface area contributed by atoms with Crippen LogP contribution in [0.5, 0.6) is 0 Å². The first-order chi connectivity index (χ1) is 13.1. The van der Waals surface area contributed by atoms with Gasteiger partial charge in [0.1, 0.15) is 11.5 Å². The van der Waals surface area contributed by atoms with Gasteiger partial charge in [-0.25, -0.2) is 4.98 Å². The summed E-state index contributed by atoms with van der Waals surface area (Å²) in [4.78, 5) is 17.6.